The predicted octanol–water partition coefficient (Wildman–Crippen LogP) is 3.63. The highest BCUT2D eigenvalue weighted by Crippen LogP contribution is 2.19. The third kappa shape index (κ3) is 3.03. The highest BCUT2D eigenvalue weighted by atomic mass is 19.1. The lowest BCUT2D eigenvalue weighted by Crippen LogP contribution is -2.10. The predicted molar refractivity (Wildman–Crippen MR) is 84.7 cm³/mol. The monoisotopic (exact) mass is 295 g/mol. The number of nitrogens with one attached hydrogen (secondary N) is 2. The molecule has 0 fully saturated rings. The maximum absolute atomic E-state index is 13.6. The van der Waals surface area contributed by atoms with E-state index in [1.165, 1.54) is 12.1 Å². The van der Waals surface area contributed by atoms with Crippen LogP contribution in [-0.4, -0.2) is 9.97 Å². The average molecular weight is 295 g/mol. The summed E-state index contributed by atoms with van der Waals surface area (Å²) in [7, 11) is 0. The summed E-state index contributed by atoms with van der Waals surface area (Å²) in [5.74, 6) is -0.0406. The van der Waals surface area contributed by atoms with Gasteiger partial charge in [-0.05, 0) is 24.6 Å². The van der Waals surface area contributed by atoms with Crippen molar-refractivity contribution in [3.63, 3.8) is 0 Å². The molecule has 3 aromatic rings. The molecule has 0 aliphatic heterocycles. The second-order valence-corrected chi connectivity index (χ2v) is 4.93. The molecule has 5 heteroatoms. The zero-order chi connectivity index (χ0) is 15.5. The van der Waals surface area contributed by atoms with Crippen LogP contribution in [0.2, 0.25) is 0 Å². The number of aryl methyl sites for hydroxylation is 1. The molecular weight excluding hydrogens is 281 g/mol. The van der Waals surface area contributed by atoms with Gasteiger partial charge in [-0.3, -0.25) is 9.78 Å². The van der Waals surface area contributed by atoms with Crippen LogP contribution in [0, 0.1) is 12.7 Å². The van der Waals surface area contributed by atoms with E-state index in [2.05, 4.69) is 15.3 Å². The molecule has 0 bridgehead atoms. The summed E-state index contributed by atoms with van der Waals surface area (Å²) in [4.78, 5) is 18.7. The lowest BCUT2D eigenvalue weighted by molar-refractivity contribution is 0.619. The molecule has 2 N–H and O–H groups in total. The van der Waals surface area contributed by atoms with Crippen molar-refractivity contribution in [3.05, 3.63) is 76.3 Å². The highest BCUT2D eigenvalue weighted by molar-refractivity contribution is 5.61. The molecule has 0 aliphatic rings. The SMILES string of the molecule is Cc1ccc(Nc2nc(-c3ccccc3)cc(=O)[nH]2)cc1F. The van der Waals surface area contributed by atoms with Gasteiger partial charge in [0.15, 0.2) is 0 Å². The van der Waals surface area contributed by atoms with Crippen molar-refractivity contribution in [3.8, 4) is 11.3 Å². The van der Waals surface area contributed by atoms with Gasteiger partial charge in [-0.15, -0.1) is 0 Å². The highest BCUT2D eigenvalue weighted by Gasteiger charge is 2.05. The minimum Gasteiger partial charge on any atom is -0.326 e. The number of hydrogen-bond donors (Lipinski definition) is 2. The molecule has 0 amide bonds. The maximum Gasteiger partial charge on any atom is 0.252 e. The van der Waals surface area contributed by atoms with Gasteiger partial charge in [0.05, 0.1) is 5.69 Å². The Labute approximate surface area is 126 Å². The number of halogens is 1. The first-order valence-corrected chi connectivity index (χ1v) is 6.82. The van der Waals surface area contributed by atoms with Crippen molar-refractivity contribution >= 4 is 11.6 Å². The fraction of sp³-hybridized carbons (Fsp3) is 0.0588. The van der Waals surface area contributed by atoms with Crippen molar-refractivity contribution in [2.45, 2.75) is 6.92 Å². The van der Waals surface area contributed by atoms with Crippen LogP contribution in [0.4, 0.5) is 16.0 Å². The standard InChI is InChI=1S/C17H14FN3O/c1-11-7-8-13(9-14(11)18)19-17-20-15(10-16(22)21-17)12-5-3-2-4-6-12/h2-10H,1H3,(H2,19,20,21,22). The minimum absolute atomic E-state index is 0.273. The number of aromatic nitrogens is 2. The summed E-state index contributed by atoms with van der Waals surface area (Å²) in [5, 5.41) is 2.92. The van der Waals surface area contributed by atoms with Gasteiger partial charge in [-0.25, -0.2) is 9.37 Å². The van der Waals surface area contributed by atoms with E-state index in [9.17, 15) is 9.18 Å². The van der Waals surface area contributed by atoms with Crippen molar-refractivity contribution in [1.29, 1.82) is 0 Å². The van der Waals surface area contributed by atoms with Crippen molar-refractivity contribution < 1.29 is 4.39 Å². The number of rotatable bonds is 3. The van der Waals surface area contributed by atoms with E-state index in [-0.39, 0.29) is 17.3 Å². The van der Waals surface area contributed by atoms with Crippen LogP contribution in [-0.2, 0) is 0 Å². The van der Waals surface area contributed by atoms with Crippen LogP contribution in [0.25, 0.3) is 11.3 Å². The summed E-state index contributed by atoms with van der Waals surface area (Å²) >= 11 is 0. The molecular formula is C17H14FN3O. The number of aromatic amines is 1. The molecule has 0 atom stereocenters. The summed E-state index contributed by atoms with van der Waals surface area (Å²) < 4.78 is 13.6. The van der Waals surface area contributed by atoms with Crippen LogP contribution in [0.1, 0.15) is 5.56 Å². The largest absolute Gasteiger partial charge is 0.326 e. The minimum atomic E-state index is -0.313. The van der Waals surface area contributed by atoms with Gasteiger partial charge in [-0.2, -0.15) is 0 Å². The first-order chi connectivity index (χ1) is 10.6. The maximum atomic E-state index is 13.6. The third-order valence-electron chi connectivity index (χ3n) is 3.25. The number of H-pyrrole nitrogens is 1. The zero-order valence-electron chi connectivity index (χ0n) is 11.9. The summed E-state index contributed by atoms with van der Waals surface area (Å²) in [6, 6.07) is 15.6. The van der Waals surface area contributed by atoms with E-state index < -0.39 is 0 Å². The second kappa shape index (κ2) is 5.81. The molecule has 0 unspecified atom stereocenters. The van der Waals surface area contributed by atoms with E-state index in [4.69, 9.17) is 0 Å². The van der Waals surface area contributed by atoms with E-state index in [0.717, 1.165) is 5.56 Å². The van der Waals surface area contributed by atoms with Gasteiger partial charge in [0.1, 0.15) is 5.82 Å². The van der Waals surface area contributed by atoms with Gasteiger partial charge in [0.2, 0.25) is 5.95 Å². The quantitative estimate of drug-likeness (QED) is 0.775. The van der Waals surface area contributed by atoms with Gasteiger partial charge >= 0.3 is 0 Å². The molecule has 0 radical (unpaired) electrons. The van der Waals surface area contributed by atoms with Crippen molar-refractivity contribution in [2.75, 3.05) is 5.32 Å². The van der Waals surface area contributed by atoms with Gasteiger partial charge < -0.3 is 5.32 Å². The van der Waals surface area contributed by atoms with E-state index in [1.54, 1.807) is 19.1 Å². The van der Waals surface area contributed by atoms with Gasteiger partial charge in [0, 0.05) is 17.3 Å². The average Bonchev–Trinajstić information content (AvgIpc) is 2.51. The van der Waals surface area contributed by atoms with Crippen molar-refractivity contribution in [2.24, 2.45) is 0 Å². The van der Waals surface area contributed by atoms with Gasteiger partial charge in [0.25, 0.3) is 5.56 Å². The smallest absolute Gasteiger partial charge is 0.252 e. The molecule has 3 rings (SSSR count). The Kier molecular flexibility index (Phi) is 3.70. The molecule has 1 heterocycles. The summed E-state index contributed by atoms with van der Waals surface area (Å²) in [6.07, 6.45) is 0. The van der Waals surface area contributed by atoms with Crippen molar-refractivity contribution in [1.82, 2.24) is 9.97 Å². The van der Waals surface area contributed by atoms with Gasteiger partial charge in [-0.1, -0.05) is 36.4 Å². The number of anilines is 2. The Morgan fingerprint density at radius 2 is 1.86 bits per heavy atom. The van der Waals surface area contributed by atoms with Crippen LogP contribution in [0.5, 0.6) is 0 Å². The Morgan fingerprint density at radius 1 is 1.09 bits per heavy atom. The normalized spacial score (nSPS) is 10.5. The molecule has 22 heavy (non-hydrogen) atoms. The molecule has 4 nitrogen and oxygen atoms in total. The first-order valence-electron chi connectivity index (χ1n) is 6.82. The Bertz CT molecular complexity index is 859. The third-order valence-corrected chi connectivity index (χ3v) is 3.25. The fourth-order valence-electron chi connectivity index (χ4n) is 2.08. The zero-order valence-corrected chi connectivity index (χ0v) is 11.9. The summed E-state index contributed by atoms with van der Waals surface area (Å²) in [5.41, 5.74) is 2.21. The van der Waals surface area contributed by atoms with Crippen LogP contribution in [0.15, 0.2) is 59.4 Å². The number of benzene rings is 2. The summed E-state index contributed by atoms with van der Waals surface area (Å²) in [6.45, 7) is 1.69. The topological polar surface area (TPSA) is 57.8 Å². The van der Waals surface area contributed by atoms with Crippen LogP contribution >= 0.6 is 0 Å². The Balaban J connectivity index is 1.96. The van der Waals surface area contributed by atoms with E-state index in [1.807, 2.05) is 30.3 Å². The number of hydrogen-bond acceptors (Lipinski definition) is 3. The molecule has 0 saturated carbocycles. The molecule has 2 aromatic carbocycles. The molecule has 0 saturated heterocycles. The Hall–Kier alpha value is -2.95. The lowest BCUT2D eigenvalue weighted by atomic mass is 10.1. The van der Waals surface area contributed by atoms with E-state index >= 15 is 0 Å². The fourth-order valence-corrected chi connectivity index (χ4v) is 2.08. The molecule has 0 aliphatic carbocycles. The van der Waals surface area contributed by atoms with E-state index in [0.29, 0.717) is 16.9 Å². The molecule has 1 aromatic heterocycles. The number of nitrogens with zero attached hydrogens (tertiary/aromatic N) is 1. The van der Waals surface area contributed by atoms with Crippen LogP contribution in [0.3, 0.4) is 0 Å². The Morgan fingerprint density at radius 3 is 2.59 bits per heavy atom. The first kappa shape index (κ1) is 14.0. The van der Waals surface area contributed by atoms with Crippen LogP contribution < -0.4 is 10.9 Å². The lowest BCUT2D eigenvalue weighted by Gasteiger charge is -2.08. The molecule has 0 spiro atoms. The molecule has 110 valence electrons. The second-order valence-electron chi connectivity index (χ2n) is 4.93.